The largest absolute Gasteiger partial charge is 0.491 e. The summed E-state index contributed by atoms with van der Waals surface area (Å²) in [6, 6.07) is 7.05. The molecular formula is C28H32F2N6O3. The number of pyridine rings is 1. The zero-order chi connectivity index (χ0) is 27.7. The number of aliphatic hydroxyl groups is 1. The van der Waals surface area contributed by atoms with E-state index in [0.29, 0.717) is 24.5 Å². The molecule has 3 aromatic heterocycles. The maximum atomic E-state index is 15.0. The zero-order valence-corrected chi connectivity index (χ0v) is 22.1. The summed E-state index contributed by atoms with van der Waals surface area (Å²) in [6.07, 6.45) is 6.41. The molecule has 0 bridgehead atoms. The summed E-state index contributed by atoms with van der Waals surface area (Å²) < 4.78 is 41.7. The number of anilines is 2. The first-order valence-corrected chi connectivity index (χ1v) is 12.8. The normalized spacial score (nSPS) is 23.2. The Labute approximate surface area is 225 Å². The number of fused-ring (bicyclic) bond motifs is 1. The number of hydrogen-bond acceptors (Lipinski definition) is 8. The molecule has 5 rings (SSSR count). The van der Waals surface area contributed by atoms with E-state index in [1.807, 2.05) is 13.0 Å². The van der Waals surface area contributed by atoms with Crippen LogP contribution in [0.15, 0.2) is 48.9 Å². The van der Waals surface area contributed by atoms with Gasteiger partial charge in [0.05, 0.1) is 47.1 Å². The predicted molar refractivity (Wildman–Crippen MR) is 143 cm³/mol. The average Bonchev–Trinajstić information content (AvgIpc) is 3.29. The number of hydrogen-bond donors (Lipinski definition) is 3. The quantitative estimate of drug-likeness (QED) is 0.282. The lowest BCUT2D eigenvalue weighted by atomic mass is 9.68. The smallest absolute Gasteiger partial charge is 0.229 e. The Morgan fingerprint density at radius 3 is 2.64 bits per heavy atom. The van der Waals surface area contributed by atoms with Gasteiger partial charge in [-0.25, -0.2) is 13.8 Å². The van der Waals surface area contributed by atoms with E-state index in [1.165, 1.54) is 11.6 Å². The maximum Gasteiger partial charge on any atom is 0.229 e. The highest BCUT2D eigenvalue weighted by Gasteiger charge is 2.42. The third-order valence-electron chi connectivity index (χ3n) is 7.68. The Bertz CT molecular complexity index is 1440. The van der Waals surface area contributed by atoms with E-state index < -0.39 is 17.2 Å². The van der Waals surface area contributed by atoms with Crippen LogP contribution in [0.2, 0.25) is 0 Å². The fourth-order valence-corrected chi connectivity index (χ4v) is 5.13. The van der Waals surface area contributed by atoms with Crippen molar-refractivity contribution in [3.63, 3.8) is 0 Å². The van der Waals surface area contributed by atoms with Crippen LogP contribution in [0, 0.1) is 17.6 Å². The molecule has 206 valence electrons. The average molecular weight is 539 g/mol. The molecular weight excluding hydrogens is 506 g/mol. The van der Waals surface area contributed by atoms with Gasteiger partial charge in [0.2, 0.25) is 5.95 Å². The molecule has 3 heterocycles. The van der Waals surface area contributed by atoms with Crippen LogP contribution in [-0.4, -0.2) is 56.7 Å². The minimum atomic E-state index is -0.935. The summed E-state index contributed by atoms with van der Waals surface area (Å²) in [5.74, 6) is -1.05. The van der Waals surface area contributed by atoms with Crippen LogP contribution >= 0.6 is 0 Å². The molecule has 39 heavy (non-hydrogen) atoms. The van der Waals surface area contributed by atoms with Crippen molar-refractivity contribution in [3.8, 4) is 17.0 Å². The van der Waals surface area contributed by atoms with E-state index in [2.05, 4.69) is 20.4 Å². The van der Waals surface area contributed by atoms with Crippen molar-refractivity contribution in [2.45, 2.75) is 44.2 Å². The second-order valence-corrected chi connectivity index (χ2v) is 10.2. The molecule has 1 aliphatic carbocycles. The summed E-state index contributed by atoms with van der Waals surface area (Å²) >= 11 is 0. The topological polar surface area (TPSA) is 120 Å². The number of aromatic nitrogens is 4. The van der Waals surface area contributed by atoms with Crippen LogP contribution in [-0.2, 0) is 4.74 Å². The van der Waals surface area contributed by atoms with E-state index in [1.54, 1.807) is 37.6 Å². The number of halogens is 2. The third kappa shape index (κ3) is 5.29. The molecule has 0 aliphatic heterocycles. The summed E-state index contributed by atoms with van der Waals surface area (Å²) in [7, 11) is 1.52. The fourth-order valence-electron chi connectivity index (χ4n) is 5.13. The Kier molecular flexibility index (Phi) is 7.48. The van der Waals surface area contributed by atoms with Gasteiger partial charge in [0.25, 0.3) is 0 Å². The molecule has 0 saturated heterocycles. The van der Waals surface area contributed by atoms with Gasteiger partial charge < -0.3 is 25.6 Å². The number of ether oxygens (including phenoxy) is 2. The first kappa shape index (κ1) is 26.9. The Morgan fingerprint density at radius 2 is 1.92 bits per heavy atom. The van der Waals surface area contributed by atoms with Crippen molar-refractivity contribution in [3.05, 3.63) is 66.1 Å². The number of benzene rings is 1. The van der Waals surface area contributed by atoms with Crippen molar-refractivity contribution in [1.82, 2.24) is 19.6 Å². The molecule has 0 unspecified atom stereocenters. The van der Waals surface area contributed by atoms with E-state index in [0.717, 1.165) is 29.8 Å². The van der Waals surface area contributed by atoms with Crippen molar-refractivity contribution in [2.24, 2.45) is 11.7 Å². The van der Waals surface area contributed by atoms with Gasteiger partial charge in [0.1, 0.15) is 24.0 Å². The molecule has 1 saturated carbocycles. The van der Waals surface area contributed by atoms with Gasteiger partial charge in [0.15, 0.2) is 0 Å². The number of rotatable bonds is 8. The number of nitrogens with two attached hydrogens (primary N) is 1. The van der Waals surface area contributed by atoms with Gasteiger partial charge in [-0.15, -0.1) is 0 Å². The Morgan fingerprint density at radius 1 is 1.15 bits per heavy atom. The van der Waals surface area contributed by atoms with Crippen molar-refractivity contribution in [1.29, 1.82) is 0 Å². The molecule has 4 N–H and O–H groups in total. The Hall–Kier alpha value is -3.67. The predicted octanol–water partition coefficient (Wildman–Crippen LogP) is 4.43. The summed E-state index contributed by atoms with van der Waals surface area (Å²) in [6.45, 7) is 4.26. The van der Waals surface area contributed by atoms with Gasteiger partial charge in [-0.2, -0.15) is 9.61 Å². The van der Waals surface area contributed by atoms with Gasteiger partial charge in [0, 0.05) is 31.5 Å². The number of nitrogens with zero attached hydrogens (tertiary/aromatic N) is 4. The third-order valence-corrected chi connectivity index (χ3v) is 7.68. The lowest BCUT2D eigenvalue weighted by molar-refractivity contribution is -0.0463. The molecule has 11 heteroatoms. The zero-order valence-electron chi connectivity index (χ0n) is 22.1. The minimum absolute atomic E-state index is 0.00491. The monoisotopic (exact) mass is 538 g/mol. The van der Waals surface area contributed by atoms with Crippen LogP contribution in [0.5, 0.6) is 5.75 Å². The van der Waals surface area contributed by atoms with Gasteiger partial charge >= 0.3 is 0 Å². The number of nitrogens with one attached hydrogen (secondary N) is 1. The van der Waals surface area contributed by atoms with Crippen molar-refractivity contribution >= 4 is 17.2 Å². The lowest BCUT2D eigenvalue weighted by Gasteiger charge is -2.44. The maximum absolute atomic E-state index is 15.0. The first-order valence-electron chi connectivity index (χ1n) is 12.8. The Balaban J connectivity index is 1.45. The number of imidazole rings is 1. The molecule has 9 nitrogen and oxygen atoms in total. The van der Waals surface area contributed by atoms with Crippen LogP contribution in [0.3, 0.4) is 0 Å². The summed E-state index contributed by atoms with van der Waals surface area (Å²) in [5.41, 5.74) is 7.59. The second-order valence-electron chi connectivity index (χ2n) is 10.2. The van der Waals surface area contributed by atoms with Crippen LogP contribution in [0.25, 0.3) is 16.8 Å². The van der Waals surface area contributed by atoms with Crippen LogP contribution in [0.4, 0.5) is 20.4 Å². The minimum Gasteiger partial charge on any atom is -0.491 e. The summed E-state index contributed by atoms with van der Waals surface area (Å²) in [5, 5.41) is 18.5. The van der Waals surface area contributed by atoms with Crippen LogP contribution < -0.4 is 15.8 Å². The first-order chi connectivity index (χ1) is 18.7. The van der Waals surface area contributed by atoms with Gasteiger partial charge in [-0.05, 0) is 55.4 Å². The lowest BCUT2D eigenvalue weighted by Crippen LogP contribution is -2.54. The molecule has 0 amide bonds. The van der Waals surface area contributed by atoms with Gasteiger partial charge in [-0.3, -0.25) is 4.98 Å². The SMILES string of the molecule is COCCOc1cc(F)c(-c2ccc3cnc(Nc4cnccc4[C@H]4C[C@@H](N)[C@](C)(O)[C@@H](C)C4)n3n2)c(F)c1. The number of methoxy groups -OCH3 is 1. The van der Waals surface area contributed by atoms with E-state index in [9.17, 15) is 13.9 Å². The highest BCUT2D eigenvalue weighted by Crippen LogP contribution is 2.43. The standard InChI is InChI=1S/C28H32F2N6O3/c1-16-10-17(11-25(31)28(16,2)37)20-6-7-32-15-24(20)34-27-33-14-18-4-5-23(35-36(18)27)26-21(29)12-19(13-22(26)30)39-9-8-38-3/h4-7,12-17,25,37H,8-11,31H2,1-3H3,(H,33,34)/t16-,17+,25+,28+/m0/s1. The van der Waals surface area contributed by atoms with Crippen molar-refractivity contribution < 1.29 is 23.4 Å². The summed E-state index contributed by atoms with van der Waals surface area (Å²) in [4.78, 5) is 8.71. The van der Waals surface area contributed by atoms with Crippen LogP contribution in [0.1, 0.15) is 38.2 Å². The molecule has 1 fully saturated rings. The second kappa shape index (κ2) is 10.8. The molecule has 0 radical (unpaired) electrons. The fraction of sp³-hybridized carbons (Fsp3) is 0.393. The van der Waals surface area contributed by atoms with E-state index >= 15 is 0 Å². The van der Waals surface area contributed by atoms with Gasteiger partial charge in [-0.1, -0.05) is 6.92 Å². The molecule has 1 aliphatic rings. The van der Waals surface area contributed by atoms with E-state index in [-0.39, 0.29) is 41.5 Å². The molecule has 0 spiro atoms. The molecule has 1 aromatic carbocycles. The molecule has 4 atom stereocenters. The highest BCUT2D eigenvalue weighted by molar-refractivity contribution is 5.66. The van der Waals surface area contributed by atoms with Crippen molar-refractivity contribution in [2.75, 3.05) is 25.6 Å². The molecule has 4 aromatic rings. The highest BCUT2D eigenvalue weighted by atomic mass is 19.1. The van der Waals surface area contributed by atoms with E-state index in [4.69, 9.17) is 15.2 Å².